The third kappa shape index (κ3) is 2.60. The lowest BCUT2D eigenvalue weighted by molar-refractivity contribution is -0.118. The Hall–Kier alpha value is -1.89. The van der Waals surface area contributed by atoms with Gasteiger partial charge in [-0.1, -0.05) is 0 Å². The maximum absolute atomic E-state index is 11.6. The van der Waals surface area contributed by atoms with Crippen molar-refractivity contribution in [1.82, 2.24) is 4.90 Å². The van der Waals surface area contributed by atoms with Gasteiger partial charge in [-0.25, -0.2) is 0 Å². The Balaban J connectivity index is 2.04. The lowest BCUT2D eigenvalue weighted by Crippen LogP contribution is -2.51. The van der Waals surface area contributed by atoms with E-state index >= 15 is 0 Å². The molecule has 0 bridgehead atoms. The van der Waals surface area contributed by atoms with Crippen LogP contribution < -0.4 is 21.1 Å². The number of hydrogen-bond donors (Lipinski definition) is 2. The Labute approximate surface area is 110 Å². The first-order valence-corrected chi connectivity index (χ1v) is 6.31. The van der Waals surface area contributed by atoms with E-state index in [1.807, 2.05) is 4.90 Å². The van der Waals surface area contributed by atoms with Crippen molar-refractivity contribution in [3.8, 4) is 0 Å². The Morgan fingerprint density at radius 1 is 1.16 bits per heavy atom. The molecule has 1 saturated heterocycles. The van der Waals surface area contributed by atoms with E-state index in [9.17, 15) is 14.4 Å². The molecule has 7 heteroatoms. The molecule has 0 unspecified atom stereocenters. The summed E-state index contributed by atoms with van der Waals surface area (Å²) >= 11 is 0. The summed E-state index contributed by atoms with van der Waals surface area (Å²) in [4.78, 5) is 37.2. The first-order chi connectivity index (χ1) is 9.19. The molecule has 0 atom stereocenters. The summed E-state index contributed by atoms with van der Waals surface area (Å²) in [6.07, 6.45) is 1.32. The molecule has 1 amide bonds. The molecule has 1 aliphatic heterocycles. The van der Waals surface area contributed by atoms with Crippen LogP contribution >= 0.6 is 0 Å². The summed E-state index contributed by atoms with van der Waals surface area (Å²) < 4.78 is 0. The first kappa shape index (κ1) is 13.5. The number of hydrogen-bond acceptors (Lipinski definition) is 6. The van der Waals surface area contributed by atoms with E-state index in [4.69, 9.17) is 5.11 Å². The minimum absolute atomic E-state index is 0.0375. The predicted octanol–water partition coefficient (Wildman–Crippen LogP) is -1.64. The molecule has 1 aromatic rings. The highest BCUT2D eigenvalue weighted by Gasteiger charge is 2.27. The topological polar surface area (TPSA) is 89.9 Å². The normalized spacial score (nSPS) is 15.8. The van der Waals surface area contributed by atoms with Crippen LogP contribution in [-0.2, 0) is 4.79 Å². The summed E-state index contributed by atoms with van der Waals surface area (Å²) in [5, 5.41) is 11.6. The zero-order chi connectivity index (χ0) is 13.8. The lowest BCUT2D eigenvalue weighted by atomic mass is 10.1. The summed E-state index contributed by atoms with van der Waals surface area (Å²) in [7, 11) is 0. The lowest BCUT2D eigenvalue weighted by Gasteiger charge is -2.35. The molecule has 0 spiro atoms. The molecule has 1 aromatic carbocycles. The molecule has 0 saturated carbocycles. The third-order valence-corrected chi connectivity index (χ3v) is 3.30. The van der Waals surface area contributed by atoms with Crippen LogP contribution in [-0.4, -0.2) is 55.7 Å². The van der Waals surface area contributed by atoms with Crippen molar-refractivity contribution in [3.63, 3.8) is 0 Å². The van der Waals surface area contributed by atoms with Gasteiger partial charge in [0.2, 0.25) is 6.41 Å². The van der Waals surface area contributed by atoms with E-state index < -0.39 is 10.9 Å². The fraction of sp³-hybridized carbons (Fsp3) is 0.583. The van der Waals surface area contributed by atoms with Crippen LogP contribution in [0.4, 0.5) is 11.4 Å². The fourth-order valence-corrected chi connectivity index (χ4v) is 2.19. The van der Waals surface area contributed by atoms with Crippen molar-refractivity contribution in [2.24, 2.45) is 0 Å². The van der Waals surface area contributed by atoms with Gasteiger partial charge in [-0.15, -0.1) is 0 Å². The Kier molecular flexibility index (Phi) is 4.16. The Morgan fingerprint density at radius 2 is 1.84 bits per heavy atom. The van der Waals surface area contributed by atoms with Gasteiger partial charge in [-0.3, -0.25) is 14.4 Å². The van der Waals surface area contributed by atoms with Gasteiger partial charge in [0.1, 0.15) is 11.4 Å². The summed E-state index contributed by atoms with van der Waals surface area (Å²) in [5.41, 5.74) is -0.191. The van der Waals surface area contributed by atoms with Crippen LogP contribution in [0.1, 0.15) is 6.42 Å². The van der Waals surface area contributed by atoms with Crippen LogP contribution in [0.25, 0.3) is 0 Å². The van der Waals surface area contributed by atoms with Crippen molar-refractivity contribution in [2.75, 3.05) is 49.5 Å². The highest BCUT2D eigenvalue weighted by molar-refractivity contribution is 5.75. The molecule has 2 rings (SSSR count). The predicted molar refractivity (Wildman–Crippen MR) is 71.4 cm³/mol. The van der Waals surface area contributed by atoms with Crippen LogP contribution in [0, 0.1) is 0 Å². The van der Waals surface area contributed by atoms with Crippen LogP contribution in [0.5, 0.6) is 0 Å². The van der Waals surface area contributed by atoms with Gasteiger partial charge in [-0.05, 0) is 6.42 Å². The maximum Gasteiger partial charge on any atom is 0.253 e. The number of anilines is 2. The van der Waals surface area contributed by atoms with Crippen molar-refractivity contribution < 1.29 is 9.90 Å². The minimum atomic E-state index is -0.495. The van der Waals surface area contributed by atoms with E-state index in [0.29, 0.717) is 50.5 Å². The van der Waals surface area contributed by atoms with Crippen LogP contribution in [0.2, 0.25) is 0 Å². The molecular weight excluding hydrogens is 250 g/mol. The van der Waals surface area contributed by atoms with Gasteiger partial charge in [0.15, 0.2) is 0 Å². The molecule has 1 aliphatic rings. The largest absolute Gasteiger partial charge is 0.396 e. The maximum atomic E-state index is 11.6. The second kappa shape index (κ2) is 5.83. The van der Waals surface area contributed by atoms with Gasteiger partial charge in [0.25, 0.3) is 10.9 Å². The molecule has 7 nitrogen and oxygen atoms in total. The molecular formula is C12H17N3O4. The highest BCUT2D eigenvalue weighted by Crippen LogP contribution is 2.21. The van der Waals surface area contributed by atoms with E-state index in [1.165, 1.54) is 0 Å². The molecule has 1 fully saturated rings. The number of aliphatic hydroxyl groups excluding tert-OH is 1. The Morgan fingerprint density at radius 3 is 2.42 bits per heavy atom. The molecule has 0 radical (unpaired) electrons. The van der Waals surface area contributed by atoms with Crippen molar-refractivity contribution in [2.45, 2.75) is 6.42 Å². The van der Waals surface area contributed by atoms with Gasteiger partial charge in [0.05, 0.1) is 0 Å². The number of nitrogens with one attached hydrogen (secondary N) is 1. The second-order valence-electron chi connectivity index (χ2n) is 4.51. The quantitative estimate of drug-likeness (QED) is 0.365. The van der Waals surface area contributed by atoms with Crippen molar-refractivity contribution >= 4 is 17.8 Å². The zero-order valence-electron chi connectivity index (χ0n) is 10.6. The number of carbonyl (C=O) groups excluding carboxylic acids is 1. The van der Waals surface area contributed by atoms with Crippen molar-refractivity contribution in [1.29, 1.82) is 0 Å². The van der Waals surface area contributed by atoms with E-state index in [0.717, 1.165) is 6.41 Å². The van der Waals surface area contributed by atoms with E-state index in [2.05, 4.69) is 5.32 Å². The SMILES string of the molecule is O=CN1CCN(c2c(NCCCO)c(=O)c2=O)CC1. The number of rotatable bonds is 6. The van der Waals surface area contributed by atoms with E-state index in [-0.39, 0.29) is 6.61 Å². The number of carbonyl (C=O) groups is 1. The van der Waals surface area contributed by atoms with Gasteiger partial charge in [-0.2, -0.15) is 0 Å². The monoisotopic (exact) mass is 267 g/mol. The molecule has 0 aromatic heterocycles. The number of aliphatic hydroxyl groups is 1. The second-order valence-corrected chi connectivity index (χ2v) is 4.51. The summed E-state index contributed by atoms with van der Waals surface area (Å²) in [5.74, 6) is 0. The molecule has 19 heavy (non-hydrogen) atoms. The first-order valence-electron chi connectivity index (χ1n) is 6.31. The summed E-state index contributed by atoms with van der Waals surface area (Å²) in [6, 6.07) is 0. The minimum Gasteiger partial charge on any atom is -0.396 e. The third-order valence-electron chi connectivity index (χ3n) is 3.30. The Bertz CT molecular complexity index is 513. The molecule has 1 heterocycles. The van der Waals surface area contributed by atoms with Crippen LogP contribution in [0.15, 0.2) is 9.59 Å². The number of amides is 1. The number of piperazine rings is 1. The van der Waals surface area contributed by atoms with Crippen LogP contribution in [0.3, 0.4) is 0 Å². The van der Waals surface area contributed by atoms with E-state index in [1.54, 1.807) is 4.90 Å². The molecule has 2 N–H and O–H groups in total. The molecule has 104 valence electrons. The molecule has 0 aliphatic carbocycles. The van der Waals surface area contributed by atoms with Crippen molar-refractivity contribution in [3.05, 3.63) is 20.4 Å². The average molecular weight is 267 g/mol. The number of nitrogens with zero attached hydrogens (tertiary/aromatic N) is 2. The fourth-order valence-electron chi connectivity index (χ4n) is 2.19. The highest BCUT2D eigenvalue weighted by atomic mass is 16.3. The standard InChI is InChI=1S/C12H17N3O4/c16-7-1-2-13-9-10(12(19)11(9)18)15-5-3-14(8-17)4-6-15/h8,13,16H,1-7H2. The van der Waals surface area contributed by atoms with Gasteiger partial charge < -0.3 is 20.2 Å². The van der Waals surface area contributed by atoms with Gasteiger partial charge in [0, 0.05) is 39.3 Å². The zero-order valence-corrected chi connectivity index (χ0v) is 10.6. The smallest absolute Gasteiger partial charge is 0.253 e. The summed E-state index contributed by atoms with van der Waals surface area (Å²) in [6.45, 7) is 2.71. The van der Waals surface area contributed by atoms with Gasteiger partial charge >= 0.3 is 0 Å². The average Bonchev–Trinajstić information content (AvgIpc) is 2.46.